The summed E-state index contributed by atoms with van der Waals surface area (Å²) < 4.78 is 21.6. The third kappa shape index (κ3) is 3.82. The molecule has 0 radical (unpaired) electrons. The number of halogens is 1. The van der Waals surface area contributed by atoms with E-state index < -0.39 is 11.9 Å². The quantitative estimate of drug-likeness (QED) is 0.379. The van der Waals surface area contributed by atoms with Gasteiger partial charge in [-0.2, -0.15) is 9.97 Å². The maximum Gasteiger partial charge on any atom is 0.407 e. The highest BCUT2D eigenvalue weighted by Crippen LogP contribution is 2.39. The maximum atomic E-state index is 16.3. The number of phenols is 1. The fourth-order valence-electron chi connectivity index (χ4n) is 5.80. The Morgan fingerprint density at radius 2 is 1.97 bits per heavy atom. The summed E-state index contributed by atoms with van der Waals surface area (Å²) in [5.74, 6) is -0.373. The van der Waals surface area contributed by atoms with Crippen molar-refractivity contribution in [1.82, 2.24) is 19.9 Å². The van der Waals surface area contributed by atoms with Crippen molar-refractivity contribution in [2.24, 2.45) is 0 Å². The van der Waals surface area contributed by atoms with Crippen LogP contribution in [-0.4, -0.2) is 74.2 Å². The van der Waals surface area contributed by atoms with Gasteiger partial charge in [0.15, 0.2) is 12.1 Å². The molecule has 194 valence electrons. The predicted octanol–water partition coefficient (Wildman–Crippen LogP) is 3.91. The lowest BCUT2D eigenvalue weighted by Crippen LogP contribution is -2.55. The molecule has 0 aliphatic carbocycles. The van der Waals surface area contributed by atoms with Gasteiger partial charge in [-0.15, -0.1) is 0 Å². The summed E-state index contributed by atoms with van der Waals surface area (Å²) in [6.45, 7) is 2.35. The molecule has 11 heteroatoms. The summed E-state index contributed by atoms with van der Waals surface area (Å²) in [6.07, 6.45) is 2.55. The van der Waals surface area contributed by atoms with E-state index in [2.05, 4.69) is 15.0 Å². The maximum absolute atomic E-state index is 16.3. The number of anilines is 1. The molecule has 4 heterocycles. The van der Waals surface area contributed by atoms with Gasteiger partial charge in [0.1, 0.15) is 29.4 Å². The van der Waals surface area contributed by atoms with Gasteiger partial charge in [0.05, 0.1) is 17.5 Å². The molecule has 4 aromatic rings. The number of nitrogens with zero attached hydrogens (tertiary/aromatic N) is 5. The lowest BCUT2D eigenvalue weighted by Gasteiger charge is -2.40. The van der Waals surface area contributed by atoms with Crippen molar-refractivity contribution in [3.63, 3.8) is 0 Å². The summed E-state index contributed by atoms with van der Waals surface area (Å²) in [4.78, 5) is 39.3. The van der Waals surface area contributed by atoms with E-state index in [-0.39, 0.29) is 41.7 Å². The van der Waals surface area contributed by atoms with E-state index in [1.807, 2.05) is 30.0 Å². The van der Waals surface area contributed by atoms with Crippen LogP contribution in [0.3, 0.4) is 0 Å². The number of pyridine rings is 1. The second-order valence-electron chi connectivity index (χ2n) is 9.64. The number of phenolic OH excluding ortho intramolecular Hbond substituents is 1. The molecule has 0 spiro atoms. The fourth-order valence-corrected chi connectivity index (χ4v) is 5.80. The second kappa shape index (κ2) is 9.09. The molecule has 2 aromatic carbocycles. The zero-order chi connectivity index (χ0) is 26.6. The van der Waals surface area contributed by atoms with Crippen LogP contribution in [0.5, 0.6) is 11.8 Å². The molecule has 2 bridgehead atoms. The molecule has 1 amide bonds. The van der Waals surface area contributed by atoms with E-state index in [4.69, 9.17) is 4.74 Å². The monoisotopic (exact) mass is 517 g/mol. The van der Waals surface area contributed by atoms with Crippen LogP contribution in [-0.2, 0) is 4.79 Å². The predicted molar refractivity (Wildman–Crippen MR) is 137 cm³/mol. The standard InChI is InChI=1S/C27H24FN5O5/c1-14-3-2-4-15-9-18(35)10-19(21(14)15)23-22(28)24-20(11-29-23)25(31-26(30-24)38-8-7-34)32-12-16-5-6-17(13-32)33(16)27(36)37/h2-4,7,9-11,16-17,35H,5-6,8,12-13H2,1H3,(H,36,37). The smallest absolute Gasteiger partial charge is 0.407 e. The first kappa shape index (κ1) is 23.8. The molecule has 2 atom stereocenters. The van der Waals surface area contributed by atoms with Crippen molar-refractivity contribution in [2.75, 3.05) is 24.6 Å². The zero-order valence-electron chi connectivity index (χ0n) is 20.5. The minimum Gasteiger partial charge on any atom is -0.508 e. The molecular formula is C27H24FN5O5. The highest BCUT2D eigenvalue weighted by Gasteiger charge is 2.43. The first-order chi connectivity index (χ1) is 18.4. The van der Waals surface area contributed by atoms with E-state index in [9.17, 15) is 19.8 Å². The summed E-state index contributed by atoms with van der Waals surface area (Å²) in [5.41, 5.74) is 1.28. The SMILES string of the molecule is Cc1cccc2cc(O)cc(-c3ncc4c(N5CC6CCC(C5)N6C(=O)O)nc(OCC=O)nc4c3F)c12. The second-order valence-corrected chi connectivity index (χ2v) is 9.64. The van der Waals surface area contributed by atoms with Crippen LogP contribution in [0, 0.1) is 12.7 Å². The van der Waals surface area contributed by atoms with Crippen LogP contribution in [0.15, 0.2) is 36.5 Å². The third-order valence-corrected chi connectivity index (χ3v) is 7.35. The Kier molecular flexibility index (Phi) is 5.70. The molecule has 2 aliphatic rings. The van der Waals surface area contributed by atoms with Crippen LogP contribution in [0.1, 0.15) is 18.4 Å². The lowest BCUT2D eigenvalue weighted by molar-refractivity contribution is -0.109. The third-order valence-electron chi connectivity index (χ3n) is 7.35. The van der Waals surface area contributed by atoms with Gasteiger partial charge in [-0.3, -0.25) is 14.7 Å². The van der Waals surface area contributed by atoms with Crippen LogP contribution in [0.25, 0.3) is 32.9 Å². The van der Waals surface area contributed by atoms with E-state index >= 15 is 4.39 Å². The molecule has 2 fully saturated rings. The number of piperazine rings is 1. The Balaban J connectivity index is 1.52. The Bertz CT molecular complexity index is 1600. The topological polar surface area (TPSA) is 129 Å². The number of hydrogen-bond acceptors (Lipinski definition) is 8. The number of ether oxygens (including phenoxy) is 1. The number of aryl methyl sites for hydroxylation is 1. The minimum atomic E-state index is -0.953. The van der Waals surface area contributed by atoms with Gasteiger partial charge >= 0.3 is 12.1 Å². The molecule has 10 nitrogen and oxygen atoms in total. The fraction of sp³-hybridized carbons (Fsp3) is 0.296. The molecule has 2 saturated heterocycles. The number of carbonyl (C=O) groups excluding carboxylic acids is 1. The van der Waals surface area contributed by atoms with Gasteiger partial charge in [0.25, 0.3) is 0 Å². The van der Waals surface area contributed by atoms with Gasteiger partial charge < -0.3 is 19.8 Å². The largest absolute Gasteiger partial charge is 0.508 e. The van der Waals surface area contributed by atoms with E-state index in [0.717, 1.165) is 29.2 Å². The number of hydrogen-bond donors (Lipinski definition) is 2. The van der Waals surface area contributed by atoms with Crippen molar-refractivity contribution >= 4 is 39.9 Å². The number of carboxylic acid groups (broad SMARTS) is 1. The molecule has 2 N–H and O–H groups in total. The molecule has 2 unspecified atom stereocenters. The molecule has 6 rings (SSSR count). The zero-order valence-corrected chi connectivity index (χ0v) is 20.5. The first-order valence-corrected chi connectivity index (χ1v) is 12.3. The van der Waals surface area contributed by atoms with E-state index in [0.29, 0.717) is 36.1 Å². The van der Waals surface area contributed by atoms with Gasteiger partial charge in [-0.1, -0.05) is 18.2 Å². The van der Waals surface area contributed by atoms with Gasteiger partial charge in [-0.05, 0) is 48.2 Å². The van der Waals surface area contributed by atoms with Crippen molar-refractivity contribution in [2.45, 2.75) is 31.8 Å². The first-order valence-electron chi connectivity index (χ1n) is 12.3. The summed E-state index contributed by atoms with van der Waals surface area (Å²) in [5, 5.41) is 21.8. The van der Waals surface area contributed by atoms with Gasteiger partial charge in [0.2, 0.25) is 0 Å². The normalized spacial score (nSPS) is 18.8. The molecular weight excluding hydrogens is 493 g/mol. The molecule has 38 heavy (non-hydrogen) atoms. The van der Waals surface area contributed by atoms with Crippen molar-refractivity contribution in [3.8, 4) is 23.0 Å². The number of aromatic hydroxyl groups is 1. The van der Waals surface area contributed by atoms with Crippen molar-refractivity contribution < 1.29 is 28.9 Å². The molecule has 2 aliphatic heterocycles. The number of fused-ring (bicyclic) bond motifs is 4. The Hall–Kier alpha value is -4.54. The average molecular weight is 518 g/mol. The van der Waals surface area contributed by atoms with Crippen LogP contribution in [0.2, 0.25) is 0 Å². The van der Waals surface area contributed by atoms with Crippen LogP contribution in [0.4, 0.5) is 15.0 Å². The van der Waals surface area contributed by atoms with Crippen LogP contribution >= 0.6 is 0 Å². The number of amides is 1. The van der Waals surface area contributed by atoms with Gasteiger partial charge in [0, 0.05) is 24.8 Å². The Morgan fingerprint density at radius 3 is 2.68 bits per heavy atom. The van der Waals surface area contributed by atoms with Crippen LogP contribution < -0.4 is 9.64 Å². The Labute approximate surface area is 216 Å². The highest BCUT2D eigenvalue weighted by molar-refractivity contribution is 6.01. The number of rotatable bonds is 5. The van der Waals surface area contributed by atoms with Crippen molar-refractivity contribution in [1.29, 1.82) is 0 Å². The summed E-state index contributed by atoms with van der Waals surface area (Å²) in [7, 11) is 0. The average Bonchev–Trinajstić information content (AvgIpc) is 3.17. The number of aldehydes is 1. The van der Waals surface area contributed by atoms with E-state index in [1.165, 1.54) is 17.2 Å². The molecule has 0 saturated carbocycles. The number of benzene rings is 2. The summed E-state index contributed by atoms with van der Waals surface area (Å²) in [6, 6.07) is 8.09. The van der Waals surface area contributed by atoms with Crippen molar-refractivity contribution in [3.05, 3.63) is 47.9 Å². The highest BCUT2D eigenvalue weighted by atomic mass is 19.1. The Morgan fingerprint density at radius 1 is 1.21 bits per heavy atom. The molecule has 2 aromatic heterocycles. The number of carbonyl (C=O) groups is 2. The lowest BCUT2D eigenvalue weighted by atomic mass is 9.96. The number of aromatic nitrogens is 3. The summed E-state index contributed by atoms with van der Waals surface area (Å²) >= 11 is 0. The van der Waals surface area contributed by atoms with Gasteiger partial charge in [-0.25, -0.2) is 9.18 Å². The minimum absolute atomic E-state index is 0.00875. The van der Waals surface area contributed by atoms with E-state index in [1.54, 1.807) is 6.07 Å².